The van der Waals surface area contributed by atoms with Gasteiger partial charge in [-0.2, -0.15) is 13.2 Å². The average Bonchev–Trinajstić information content (AvgIpc) is 2.15. The molecule has 0 amide bonds. The van der Waals surface area contributed by atoms with Gasteiger partial charge >= 0.3 is 6.18 Å². The summed E-state index contributed by atoms with van der Waals surface area (Å²) in [6.07, 6.45) is -4.59. The van der Waals surface area contributed by atoms with Crippen LogP contribution in [0.4, 0.5) is 18.9 Å². The van der Waals surface area contributed by atoms with Gasteiger partial charge < -0.3 is 0 Å². The second-order valence-corrected chi connectivity index (χ2v) is 3.64. The number of aryl methyl sites for hydroxylation is 1. The van der Waals surface area contributed by atoms with Crippen molar-refractivity contribution in [2.45, 2.75) is 20.0 Å². The molecule has 0 aliphatic rings. The quantitative estimate of drug-likeness (QED) is 0.587. The topological polar surface area (TPSA) is 43.1 Å². The first-order valence-corrected chi connectivity index (χ1v) is 4.67. The van der Waals surface area contributed by atoms with Gasteiger partial charge in [0.1, 0.15) is 0 Å². The number of rotatable bonds is 2. The van der Waals surface area contributed by atoms with Crippen molar-refractivity contribution >= 4 is 11.3 Å². The van der Waals surface area contributed by atoms with Gasteiger partial charge in [0.25, 0.3) is 5.69 Å². The van der Waals surface area contributed by atoms with Crippen LogP contribution in [0.2, 0.25) is 0 Å². The second kappa shape index (κ2) is 4.20. The predicted molar refractivity (Wildman–Crippen MR) is 57.7 cm³/mol. The number of halogens is 3. The molecule has 1 aromatic rings. The molecular weight excluding hydrogens is 235 g/mol. The van der Waals surface area contributed by atoms with E-state index in [1.807, 2.05) is 0 Å². The van der Waals surface area contributed by atoms with Crippen molar-refractivity contribution in [3.05, 3.63) is 45.5 Å². The monoisotopic (exact) mass is 245 g/mol. The zero-order chi connectivity index (χ0) is 13.4. The normalized spacial score (nSPS) is 11.4. The molecule has 0 aliphatic carbocycles. The Morgan fingerprint density at radius 2 is 1.88 bits per heavy atom. The first kappa shape index (κ1) is 13.2. The highest BCUT2D eigenvalue weighted by atomic mass is 19.4. The van der Waals surface area contributed by atoms with E-state index in [1.54, 1.807) is 0 Å². The van der Waals surface area contributed by atoms with Crippen molar-refractivity contribution in [2.24, 2.45) is 0 Å². The van der Waals surface area contributed by atoms with E-state index in [2.05, 4.69) is 6.58 Å². The molecule has 0 bridgehead atoms. The number of nitro benzene ring substituents is 1. The first-order chi connectivity index (χ1) is 7.66. The zero-order valence-electron chi connectivity index (χ0n) is 9.26. The smallest absolute Gasteiger partial charge is 0.258 e. The SMILES string of the molecule is C=C(c1ccc(C)c([N+](=O)[O-])c1C)C(F)(F)F. The van der Waals surface area contributed by atoms with Gasteiger partial charge in [-0.1, -0.05) is 18.7 Å². The largest absolute Gasteiger partial charge is 0.416 e. The molecule has 0 fully saturated rings. The molecule has 0 radical (unpaired) electrons. The highest BCUT2D eigenvalue weighted by molar-refractivity contribution is 5.73. The number of nitro groups is 1. The van der Waals surface area contributed by atoms with E-state index in [0.717, 1.165) is 0 Å². The fourth-order valence-electron chi connectivity index (χ4n) is 1.60. The average molecular weight is 245 g/mol. The van der Waals surface area contributed by atoms with E-state index >= 15 is 0 Å². The van der Waals surface area contributed by atoms with Crippen LogP contribution < -0.4 is 0 Å². The summed E-state index contributed by atoms with van der Waals surface area (Å²) in [6, 6.07) is 2.49. The van der Waals surface area contributed by atoms with Crippen LogP contribution in [0.1, 0.15) is 16.7 Å². The minimum absolute atomic E-state index is 0.0164. The Kier molecular flexibility index (Phi) is 3.26. The third-order valence-corrected chi connectivity index (χ3v) is 2.48. The summed E-state index contributed by atoms with van der Waals surface area (Å²) in [5.74, 6) is 0. The van der Waals surface area contributed by atoms with Crippen LogP contribution in [0.5, 0.6) is 0 Å². The molecule has 0 atom stereocenters. The van der Waals surface area contributed by atoms with Crippen molar-refractivity contribution in [2.75, 3.05) is 0 Å². The molecule has 92 valence electrons. The molecule has 1 rings (SSSR count). The molecule has 0 saturated carbocycles. The van der Waals surface area contributed by atoms with E-state index in [4.69, 9.17) is 0 Å². The summed E-state index contributed by atoms with van der Waals surface area (Å²) in [7, 11) is 0. The van der Waals surface area contributed by atoms with Gasteiger partial charge in [-0.15, -0.1) is 0 Å². The number of hydrogen-bond donors (Lipinski definition) is 0. The highest BCUT2D eigenvalue weighted by Gasteiger charge is 2.35. The molecule has 6 heteroatoms. The summed E-state index contributed by atoms with van der Waals surface area (Å²) in [5, 5.41) is 10.8. The molecule has 0 aromatic heterocycles. The number of alkyl halides is 3. The number of allylic oxidation sites excluding steroid dienone is 1. The molecule has 17 heavy (non-hydrogen) atoms. The zero-order valence-corrected chi connectivity index (χ0v) is 9.26. The van der Waals surface area contributed by atoms with Gasteiger partial charge in [0.05, 0.1) is 10.5 Å². The van der Waals surface area contributed by atoms with Gasteiger partial charge in [-0.05, 0) is 19.4 Å². The minimum Gasteiger partial charge on any atom is -0.258 e. The fraction of sp³-hybridized carbons (Fsp3) is 0.273. The molecule has 0 unspecified atom stereocenters. The number of benzene rings is 1. The van der Waals surface area contributed by atoms with E-state index in [9.17, 15) is 23.3 Å². The molecule has 0 heterocycles. The van der Waals surface area contributed by atoms with Crippen LogP contribution in [0, 0.1) is 24.0 Å². The molecule has 1 aromatic carbocycles. The molecule has 3 nitrogen and oxygen atoms in total. The standard InChI is InChI=1S/C11H10F3NO2/c1-6-4-5-9(8(3)11(12,13)14)7(2)10(6)15(16)17/h4-5H,3H2,1-2H3. The maximum absolute atomic E-state index is 12.5. The molecule has 0 saturated heterocycles. The van der Waals surface area contributed by atoms with Crippen molar-refractivity contribution in [3.8, 4) is 0 Å². The number of hydrogen-bond acceptors (Lipinski definition) is 2. The lowest BCUT2D eigenvalue weighted by Crippen LogP contribution is -2.11. The lowest BCUT2D eigenvalue weighted by Gasteiger charge is -2.13. The van der Waals surface area contributed by atoms with Crippen LogP contribution in [0.25, 0.3) is 5.57 Å². The van der Waals surface area contributed by atoms with E-state index in [0.29, 0.717) is 5.56 Å². The highest BCUT2D eigenvalue weighted by Crippen LogP contribution is 2.37. The lowest BCUT2D eigenvalue weighted by molar-refractivity contribution is -0.386. The summed E-state index contributed by atoms with van der Waals surface area (Å²) in [4.78, 5) is 10.1. The summed E-state index contributed by atoms with van der Waals surface area (Å²) in [6.45, 7) is 5.71. The Balaban J connectivity index is 3.44. The molecular formula is C11H10F3NO2. The Labute approximate surface area is 95.7 Å². The van der Waals surface area contributed by atoms with Gasteiger partial charge in [0.2, 0.25) is 0 Å². The second-order valence-electron chi connectivity index (χ2n) is 3.64. The van der Waals surface area contributed by atoms with Crippen LogP contribution in [-0.4, -0.2) is 11.1 Å². The Morgan fingerprint density at radius 1 is 1.35 bits per heavy atom. The Morgan fingerprint density at radius 3 is 2.29 bits per heavy atom. The first-order valence-electron chi connectivity index (χ1n) is 4.67. The lowest BCUT2D eigenvalue weighted by atomic mass is 9.97. The van der Waals surface area contributed by atoms with Gasteiger partial charge in [0.15, 0.2) is 0 Å². The minimum atomic E-state index is -4.59. The van der Waals surface area contributed by atoms with Crippen molar-refractivity contribution in [3.63, 3.8) is 0 Å². The van der Waals surface area contributed by atoms with Crippen LogP contribution in [-0.2, 0) is 0 Å². The van der Waals surface area contributed by atoms with Crippen LogP contribution in [0.15, 0.2) is 18.7 Å². The van der Waals surface area contributed by atoms with Gasteiger partial charge in [0, 0.05) is 11.1 Å². The van der Waals surface area contributed by atoms with E-state index in [-0.39, 0.29) is 16.8 Å². The van der Waals surface area contributed by atoms with E-state index in [1.165, 1.54) is 26.0 Å². The van der Waals surface area contributed by atoms with Crippen molar-refractivity contribution in [1.29, 1.82) is 0 Å². The van der Waals surface area contributed by atoms with Gasteiger partial charge in [-0.25, -0.2) is 0 Å². The summed E-state index contributed by atoms with van der Waals surface area (Å²) < 4.78 is 37.4. The molecule has 0 aliphatic heterocycles. The van der Waals surface area contributed by atoms with Crippen molar-refractivity contribution < 1.29 is 18.1 Å². The Bertz CT molecular complexity index is 492. The van der Waals surface area contributed by atoms with Crippen LogP contribution >= 0.6 is 0 Å². The predicted octanol–water partition coefficient (Wildman–Crippen LogP) is 3.79. The maximum Gasteiger partial charge on any atom is 0.416 e. The van der Waals surface area contributed by atoms with Crippen molar-refractivity contribution in [1.82, 2.24) is 0 Å². The van der Waals surface area contributed by atoms with Gasteiger partial charge in [-0.3, -0.25) is 10.1 Å². The molecule has 0 spiro atoms. The fourth-order valence-corrected chi connectivity index (χ4v) is 1.60. The van der Waals surface area contributed by atoms with Crippen LogP contribution in [0.3, 0.4) is 0 Å². The van der Waals surface area contributed by atoms with E-state index < -0.39 is 16.7 Å². The maximum atomic E-state index is 12.5. The molecule has 0 N–H and O–H groups in total. The Hall–Kier alpha value is -1.85. The summed E-state index contributed by atoms with van der Waals surface area (Å²) in [5.41, 5.74) is -1.30. The third-order valence-electron chi connectivity index (χ3n) is 2.48. The summed E-state index contributed by atoms with van der Waals surface area (Å²) >= 11 is 0. The third kappa shape index (κ3) is 2.46. The number of nitrogens with zero attached hydrogens (tertiary/aromatic N) is 1.